The van der Waals surface area contributed by atoms with Gasteiger partial charge in [0.1, 0.15) is 0 Å². The number of rotatable bonds is 6. The van der Waals surface area contributed by atoms with Crippen LogP contribution in [0.1, 0.15) is 30.4 Å². The van der Waals surface area contributed by atoms with Crippen LogP contribution in [0, 0.1) is 0 Å². The second-order valence-electron chi connectivity index (χ2n) is 5.02. The Morgan fingerprint density at radius 1 is 1.32 bits per heavy atom. The molecule has 0 aromatic heterocycles. The average molecular weight is 261 g/mol. The summed E-state index contributed by atoms with van der Waals surface area (Å²) < 4.78 is 0. The van der Waals surface area contributed by atoms with Gasteiger partial charge in [-0.25, -0.2) is 0 Å². The van der Waals surface area contributed by atoms with E-state index < -0.39 is 0 Å². The minimum absolute atomic E-state index is 0.248. The summed E-state index contributed by atoms with van der Waals surface area (Å²) in [4.78, 5) is 14.0. The highest BCUT2D eigenvalue weighted by Gasteiger charge is 2.23. The van der Waals surface area contributed by atoms with Crippen LogP contribution < -0.4 is 16.0 Å². The normalized spacial score (nSPS) is 14.6. The fourth-order valence-corrected chi connectivity index (χ4v) is 2.56. The molecule has 0 fully saturated rings. The van der Waals surface area contributed by atoms with Crippen LogP contribution in [0.15, 0.2) is 18.2 Å². The van der Waals surface area contributed by atoms with E-state index in [9.17, 15) is 4.79 Å². The fourth-order valence-electron chi connectivity index (χ4n) is 2.56. The van der Waals surface area contributed by atoms with Crippen molar-refractivity contribution in [2.75, 3.05) is 25.0 Å². The Kier molecular flexibility index (Phi) is 4.93. The molecule has 0 spiro atoms. The summed E-state index contributed by atoms with van der Waals surface area (Å²) in [6.45, 7) is 2.37. The summed E-state index contributed by atoms with van der Waals surface area (Å²) in [5.41, 5.74) is 9.15. The SMILES string of the molecule is CNCCCCN1C(=O)CCc2cc(CN)ccc21. The van der Waals surface area contributed by atoms with Gasteiger partial charge in [0.15, 0.2) is 0 Å². The number of aryl methyl sites for hydroxylation is 1. The lowest BCUT2D eigenvalue weighted by Gasteiger charge is -2.30. The van der Waals surface area contributed by atoms with Crippen LogP contribution >= 0.6 is 0 Å². The van der Waals surface area contributed by atoms with Gasteiger partial charge in [-0.2, -0.15) is 0 Å². The minimum Gasteiger partial charge on any atom is -0.326 e. The molecule has 4 nitrogen and oxygen atoms in total. The van der Waals surface area contributed by atoms with Gasteiger partial charge < -0.3 is 16.0 Å². The number of hydrogen-bond acceptors (Lipinski definition) is 3. The standard InChI is InChI=1S/C15H23N3O/c1-17-8-2-3-9-18-14-6-4-12(11-16)10-13(14)5-7-15(18)19/h4,6,10,17H,2-3,5,7-9,11,16H2,1H3. The molecule has 0 radical (unpaired) electrons. The maximum atomic E-state index is 12.1. The summed E-state index contributed by atoms with van der Waals surface area (Å²) in [6, 6.07) is 6.22. The first-order chi connectivity index (χ1) is 9.26. The van der Waals surface area contributed by atoms with Gasteiger partial charge in [0, 0.05) is 25.2 Å². The minimum atomic E-state index is 0.248. The smallest absolute Gasteiger partial charge is 0.227 e. The van der Waals surface area contributed by atoms with Crippen LogP contribution in [-0.4, -0.2) is 26.0 Å². The van der Waals surface area contributed by atoms with E-state index in [1.807, 2.05) is 24.1 Å². The maximum Gasteiger partial charge on any atom is 0.227 e. The summed E-state index contributed by atoms with van der Waals surface area (Å²) in [7, 11) is 1.95. The van der Waals surface area contributed by atoms with Crippen LogP contribution in [0.3, 0.4) is 0 Å². The van der Waals surface area contributed by atoms with Crippen LogP contribution in [0.4, 0.5) is 5.69 Å². The molecule has 0 unspecified atom stereocenters. The van der Waals surface area contributed by atoms with Crippen molar-refractivity contribution in [3.8, 4) is 0 Å². The zero-order valence-electron chi connectivity index (χ0n) is 11.6. The van der Waals surface area contributed by atoms with Crippen molar-refractivity contribution in [3.63, 3.8) is 0 Å². The molecule has 0 bridgehead atoms. The van der Waals surface area contributed by atoms with Crippen molar-refractivity contribution in [1.29, 1.82) is 0 Å². The van der Waals surface area contributed by atoms with Gasteiger partial charge in [0.05, 0.1) is 0 Å². The first-order valence-electron chi connectivity index (χ1n) is 7.03. The van der Waals surface area contributed by atoms with E-state index in [0.29, 0.717) is 13.0 Å². The molecule has 3 N–H and O–H groups in total. The van der Waals surface area contributed by atoms with E-state index in [0.717, 1.165) is 43.6 Å². The van der Waals surface area contributed by atoms with E-state index >= 15 is 0 Å². The molecule has 1 aromatic rings. The lowest BCUT2D eigenvalue weighted by Crippen LogP contribution is -2.36. The number of carbonyl (C=O) groups is 1. The Morgan fingerprint density at radius 3 is 2.89 bits per heavy atom. The predicted octanol–water partition coefficient (Wildman–Crippen LogP) is 1.42. The third-order valence-corrected chi connectivity index (χ3v) is 3.64. The van der Waals surface area contributed by atoms with Crippen LogP contribution in [0.25, 0.3) is 0 Å². The van der Waals surface area contributed by atoms with Crippen LogP contribution in [0.5, 0.6) is 0 Å². The average Bonchev–Trinajstić information content (AvgIpc) is 2.45. The van der Waals surface area contributed by atoms with Gasteiger partial charge in [-0.15, -0.1) is 0 Å². The summed E-state index contributed by atoms with van der Waals surface area (Å²) >= 11 is 0. The number of carbonyl (C=O) groups excluding carboxylic acids is 1. The molecule has 104 valence electrons. The Labute approximate surface area is 115 Å². The second kappa shape index (κ2) is 6.68. The highest BCUT2D eigenvalue weighted by Crippen LogP contribution is 2.28. The largest absolute Gasteiger partial charge is 0.326 e. The first kappa shape index (κ1) is 14.0. The highest BCUT2D eigenvalue weighted by molar-refractivity contribution is 5.96. The maximum absolute atomic E-state index is 12.1. The van der Waals surface area contributed by atoms with Gasteiger partial charge in [-0.05, 0) is 50.0 Å². The van der Waals surface area contributed by atoms with Crippen molar-refractivity contribution in [1.82, 2.24) is 5.32 Å². The van der Waals surface area contributed by atoms with Gasteiger partial charge in [0.2, 0.25) is 5.91 Å². The van der Waals surface area contributed by atoms with Gasteiger partial charge in [0.25, 0.3) is 0 Å². The molecule has 19 heavy (non-hydrogen) atoms. The topological polar surface area (TPSA) is 58.4 Å². The molecule has 1 aliphatic heterocycles. The van der Waals surface area contributed by atoms with Crippen LogP contribution in [0.2, 0.25) is 0 Å². The number of nitrogens with two attached hydrogens (primary N) is 1. The molecule has 0 aliphatic carbocycles. The number of nitrogens with one attached hydrogen (secondary N) is 1. The summed E-state index contributed by atoms with van der Waals surface area (Å²) in [5, 5.41) is 3.13. The summed E-state index contributed by atoms with van der Waals surface area (Å²) in [5.74, 6) is 0.248. The first-order valence-corrected chi connectivity index (χ1v) is 7.03. The molecule has 1 aromatic carbocycles. The molecule has 2 rings (SSSR count). The zero-order valence-corrected chi connectivity index (χ0v) is 11.6. The van der Waals surface area contributed by atoms with Crippen molar-refractivity contribution >= 4 is 11.6 Å². The van der Waals surface area contributed by atoms with E-state index in [2.05, 4.69) is 11.4 Å². The molecule has 1 heterocycles. The molecule has 0 saturated heterocycles. The second-order valence-corrected chi connectivity index (χ2v) is 5.02. The van der Waals surface area contributed by atoms with E-state index in [4.69, 9.17) is 5.73 Å². The van der Waals surface area contributed by atoms with Gasteiger partial charge >= 0.3 is 0 Å². The molecule has 1 amide bonds. The predicted molar refractivity (Wildman–Crippen MR) is 78.2 cm³/mol. The number of unbranched alkanes of at least 4 members (excludes halogenated alkanes) is 1. The number of anilines is 1. The van der Waals surface area contributed by atoms with Gasteiger partial charge in [-0.3, -0.25) is 4.79 Å². The lowest BCUT2D eigenvalue weighted by molar-refractivity contribution is -0.118. The number of benzene rings is 1. The van der Waals surface area contributed by atoms with Crippen LogP contribution in [-0.2, 0) is 17.8 Å². The Bertz CT molecular complexity index is 445. The number of fused-ring (bicyclic) bond motifs is 1. The number of amides is 1. The van der Waals surface area contributed by atoms with Gasteiger partial charge in [-0.1, -0.05) is 12.1 Å². The number of hydrogen-bond donors (Lipinski definition) is 2. The third kappa shape index (κ3) is 3.33. The van der Waals surface area contributed by atoms with Crippen molar-refractivity contribution in [2.45, 2.75) is 32.2 Å². The zero-order chi connectivity index (χ0) is 13.7. The molecule has 4 heteroatoms. The quantitative estimate of drug-likeness (QED) is 0.762. The lowest BCUT2D eigenvalue weighted by atomic mass is 9.98. The van der Waals surface area contributed by atoms with E-state index in [-0.39, 0.29) is 5.91 Å². The highest BCUT2D eigenvalue weighted by atomic mass is 16.2. The Morgan fingerprint density at radius 2 is 2.16 bits per heavy atom. The molecule has 1 aliphatic rings. The molecule has 0 saturated carbocycles. The van der Waals surface area contributed by atoms with Crippen molar-refractivity contribution < 1.29 is 4.79 Å². The van der Waals surface area contributed by atoms with E-state index in [1.165, 1.54) is 5.56 Å². The number of nitrogens with zero attached hydrogens (tertiary/aromatic N) is 1. The van der Waals surface area contributed by atoms with Crippen molar-refractivity contribution in [3.05, 3.63) is 29.3 Å². The molecule has 0 atom stereocenters. The van der Waals surface area contributed by atoms with E-state index in [1.54, 1.807) is 0 Å². The fraction of sp³-hybridized carbons (Fsp3) is 0.533. The Hall–Kier alpha value is -1.39. The monoisotopic (exact) mass is 261 g/mol. The molecular weight excluding hydrogens is 238 g/mol. The molecular formula is C15H23N3O. The third-order valence-electron chi connectivity index (χ3n) is 3.64. The van der Waals surface area contributed by atoms with Crippen molar-refractivity contribution in [2.24, 2.45) is 5.73 Å². The Balaban J connectivity index is 2.09. The summed E-state index contributed by atoms with van der Waals surface area (Å²) in [6.07, 6.45) is 3.59.